The summed E-state index contributed by atoms with van der Waals surface area (Å²) in [5.41, 5.74) is 0.00934. The normalized spacial score (nSPS) is 36.5. The Morgan fingerprint density at radius 3 is 2.31 bits per heavy atom. The number of rotatable bonds is 3. The molecule has 2 aromatic rings. The average Bonchev–Trinajstić information content (AvgIpc) is 3.51. The Morgan fingerprint density at radius 1 is 0.875 bits per heavy atom. The lowest BCUT2D eigenvalue weighted by Crippen LogP contribution is -2.47. The van der Waals surface area contributed by atoms with Crippen LogP contribution in [0, 0.1) is 41.4 Å². The fourth-order valence-corrected chi connectivity index (χ4v) is 7.41. The van der Waals surface area contributed by atoms with Gasteiger partial charge >= 0.3 is 11.9 Å². The minimum Gasteiger partial charge on any atom is -0.460 e. The van der Waals surface area contributed by atoms with E-state index < -0.39 is 11.7 Å². The molecule has 8 unspecified atom stereocenters. The van der Waals surface area contributed by atoms with Gasteiger partial charge in [-0.2, -0.15) is 0 Å². The molecular formula is C28H30O4. The second-order valence-electron chi connectivity index (χ2n) is 11.1. The molecule has 4 heteroatoms. The standard InChI is InChI=1S/C28H30O4/c1-28(2,3)32-27(30)24-20-14-21(23-17-12-11-16(13-17)22(20)23)25(24)31-26(29)19-10-6-8-15-7-4-5-9-18(15)19/h4-12,16-17,20-25H,13-14H2,1-3H3. The van der Waals surface area contributed by atoms with Crippen LogP contribution in [0.1, 0.15) is 44.0 Å². The van der Waals surface area contributed by atoms with Crippen molar-refractivity contribution in [3.8, 4) is 0 Å². The van der Waals surface area contributed by atoms with Gasteiger partial charge in [0.2, 0.25) is 0 Å². The second kappa shape index (κ2) is 6.94. The fraction of sp³-hybridized carbons (Fsp3) is 0.500. The summed E-state index contributed by atoms with van der Waals surface area (Å²) in [4.78, 5) is 26.8. The lowest BCUT2D eigenvalue weighted by Gasteiger charge is -2.40. The largest absolute Gasteiger partial charge is 0.460 e. The summed E-state index contributed by atoms with van der Waals surface area (Å²) in [6.45, 7) is 5.70. The first-order chi connectivity index (χ1) is 15.3. The van der Waals surface area contributed by atoms with E-state index in [4.69, 9.17) is 9.47 Å². The lowest BCUT2D eigenvalue weighted by atomic mass is 9.68. The van der Waals surface area contributed by atoms with Crippen molar-refractivity contribution in [2.24, 2.45) is 41.4 Å². The van der Waals surface area contributed by atoms with Gasteiger partial charge in [-0.15, -0.1) is 0 Å². The van der Waals surface area contributed by atoms with Gasteiger partial charge in [0.25, 0.3) is 0 Å². The van der Waals surface area contributed by atoms with Crippen molar-refractivity contribution in [2.75, 3.05) is 0 Å². The smallest absolute Gasteiger partial charge is 0.339 e. The molecule has 0 aromatic heterocycles. The summed E-state index contributed by atoms with van der Waals surface area (Å²) in [5.74, 6) is 1.77. The molecule has 166 valence electrons. The molecule has 0 heterocycles. The molecular weight excluding hydrogens is 400 g/mol. The molecule has 0 saturated heterocycles. The number of carbonyl (C=O) groups is 2. The van der Waals surface area contributed by atoms with E-state index in [1.165, 1.54) is 6.42 Å². The molecule has 0 N–H and O–H groups in total. The molecule has 0 spiro atoms. The zero-order chi connectivity index (χ0) is 22.2. The van der Waals surface area contributed by atoms with Crippen molar-refractivity contribution < 1.29 is 19.1 Å². The van der Waals surface area contributed by atoms with Gasteiger partial charge < -0.3 is 9.47 Å². The molecule has 3 fully saturated rings. The predicted molar refractivity (Wildman–Crippen MR) is 122 cm³/mol. The summed E-state index contributed by atoms with van der Waals surface area (Å²) >= 11 is 0. The summed E-state index contributed by atoms with van der Waals surface area (Å²) in [6.07, 6.45) is 6.46. The third kappa shape index (κ3) is 2.95. The molecule has 2 aromatic carbocycles. The average molecular weight is 431 g/mol. The predicted octanol–water partition coefficient (Wildman–Crippen LogP) is 5.41. The van der Waals surface area contributed by atoms with E-state index in [0.717, 1.165) is 17.2 Å². The van der Waals surface area contributed by atoms with Crippen molar-refractivity contribution in [1.29, 1.82) is 0 Å². The molecule has 6 rings (SSSR count). The third-order valence-electron chi connectivity index (χ3n) is 8.28. The number of allylic oxidation sites excluding steroid dienone is 2. The van der Waals surface area contributed by atoms with Gasteiger partial charge in [0.05, 0.1) is 11.5 Å². The van der Waals surface area contributed by atoms with Crippen LogP contribution in [0.4, 0.5) is 0 Å². The fourth-order valence-electron chi connectivity index (χ4n) is 7.41. The van der Waals surface area contributed by atoms with Crippen LogP contribution < -0.4 is 0 Å². The Labute approximate surface area is 189 Å². The van der Waals surface area contributed by atoms with E-state index in [2.05, 4.69) is 12.2 Å². The summed E-state index contributed by atoms with van der Waals surface area (Å²) in [7, 11) is 0. The van der Waals surface area contributed by atoms with Crippen LogP contribution >= 0.6 is 0 Å². The first-order valence-electron chi connectivity index (χ1n) is 11.9. The second-order valence-corrected chi connectivity index (χ2v) is 11.1. The summed E-state index contributed by atoms with van der Waals surface area (Å²) in [6, 6.07) is 13.6. The SMILES string of the molecule is CC(C)(C)OC(=O)C1C2CC(C1OC(=O)c1cccc3ccccc13)C1C3C=CC(C3)C21. The van der Waals surface area contributed by atoms with E-state index in [0.29, 0.717) is 29.2 Å². The van der Waals surface area contributed by atoms with Crippen molar-refractivity contribution in [3.05, 3.63) is 60.2 Å². The Bertz CT molecular complexity index is 1120. The number of hydrogen-bond acceptors (Lipinski definition) is 4. The van der Waals surface area contributed by atoms with Crippen LogP contribution in [0.15, 0.2) is 54.6 Å². The molecule has 4 aliphatic rings. The monoisotopic (exact) mass is 430 g/mol. The van der Waals surface area contributed by atoms with E-state index in [1.54, 1.807) is 0 Å². The van der Waals surface area contributed by atoms with Crippen LogP contribution in [0.5, 0.6) is 0 Å². The Hall–Kier alpha value is -2.62. The quantitative estimate of drug-likeness (QED) is 0.371. The van der Waals surface area contributed by atoms with E-state index in [1.807, 2.05) is 63.2 Å². The Morgan fingerprint density at radius 2 is 1.56 bits per heavy atom. The minimum absolute atomic E-state index is 0.203. The van der Waals surface area contributed by atoms with Crippen LogP contribution in [0.3, 0.4) is 0 Å². The van der Waals surface area contributed by atoms with Gasteiger partial charge in [-0.1, -0.05) is 48.6 Å². The maximum absolute atomic E-state index is 13.4. The van der Waals surface area contributed by atoms with Crippen molar-refractivity contribution >= 4 is 22.7 Å². The van der Waals surface area contributed by atoms with E-state index in [-0.39, 0.29) is 29.7 Å². The minimum atomic E-state index is -0.558. The molecule has 4 aliphatic carbocycles. The number of benzene rings is 2. The number of esters is 2. The number of ether oxygens (including phenoxy) is 2. The molecule has 0 amide bonds. The molecule has 4 bridgehead atoms. The molecule has 8 atom stereocenters. The van der Waals surface area contributed by atoms with Crippen LogP contribution in [-0.4, -0.2) is 23.6 Å². The number of hydrogen-bond donors (Lipinski definition) is 0. The number of carbonyl (C=O) groups excluding carboxylic acids is 2. The maximum atomic E-state index is 13.4. The van der Waals surface area contributed by atoms with Gasteiger partial charge in [-0.3, -0.25) is 4.79 Å². The first kappa shape index (κ1) is 20.0. The maximum Gasteiger partial charge on any atom is 0.339 e. The number of fused-ring (bicyclic) bond motifs is 10. The van der Waals surface area contributed by atoms with Crippen LogP contribution in [0.25, 0.3) is 10.8 Å². The molecule has 0 radical (unpaired) electrons. The van der Waals surface area contributed by atoms with Crippen LogP contribution in [0.2, 0.25) is 0 Å². The molecule has 32 heavy (non-hydrogen) atoms. The van der Waals surface area contributed by atoms with Crippen molar-refractivity contribution in [2.45, 2.75) is 45.3 Å². The summed E-state index contributed by atoms with van der Waals surface area (Å²) < 4.78 is 12.1. The van der Waals surface area contributed by atoms with Gasteiger partial charge in [-0.25, -0.2) is 4.79 Å². The highest BCUT2D eigenvalue weighted by Gasteiger charge is 2.67. The Balaban J connectivity index is 1.34. The van der Waals surface area contributed by atoms with Gasteiger partial charge in [0.1, 0.15) is 11.7 Å². The molecule has 0 aliphatic heterocycles. The topological polar surface area (TPSA) is 52.6 Å². The third-order valence-corrected chi connectivity index (χ3v) is 8.28. The zero-order valence-corrected chi connectivity index (χ0v) is 18.9. The zero-order valence-electron chi connectivity index (χ0n) is 18.9. The van der Waals surface area contributed by atoms with E-state index in [9.17, 15) is 9.59 Å². The van der Waals surface area contributed by atoms with Crippen molar-refractivity contribution in [1.82, 2.24) is 0 Å². The highest BCUT2D eigenvalue weighted by Crippen LogP contribution is 2.67. The lowest BCUT2D eigenvalue weighted by molar-refractivity contribution is -0.169. The highest BCUT2D eigenvalue weighted by molar-refractivity contribution is 6.04. The van der Waals surface area contributed by atoms with Gasteiger partial charge in [-0.05, 0) is 80.0 Å². The molecule has 3 saturated carbocycles. The van der Waals surface area contributed by atoms with E-state index >= 15 is 0 Å². The van der Waals surface area contributed by atoms with Crippen LogP contribution in [-0.2, 0) is 14.3 Å². The Kier molecular flexibility index (Phi) is 4.34. The summed E-state index contributed by atoms with van der Waals surface area (Å²) in [5, 5.41) is 1.90. The van der Waals surface area contributed by atoms with Gasteiger partial charge in [0, 0.05) is 5.92 Å². The first-order valence-corrected chi connectivity index (χ1v) is 11.9. The highest BCUT2D eigenvalue weighted by atomic mass is 16.6. The van der Waals surface area contributed by atoms with Crippen molar-refractivity contribution in [3.63, 3.8) is 0 Å². The van der Waals surface area contributed by atoms with Gasteiger partial charge in [0.15, 0.2) is 0 Å². The molecule has 4 nitrogen and oxygen atoms in total.